The monoisotopic (exact) mass is 279 g/mol. The number of hydrogen-bond donors (Lipinski definition) is 1. The molecule has 2 amide bonds. The van der Waals surface area contributed by atoms with Gasteiger partial charge in [-0.15, -0.1) is 0 Å². The van der Waals surface area contributed by atoms with Crippen molar-refractivity contribution in [3.05, 3.63) is 0 Å². The maximum absolute atomic E-state index is 12.6. The van der Waals surface area contributed by atoms with Crippen molar-refractivity contribution in [3.8, 4) is 0 Å². The second kappa shape index (κ2) is 5.72. The van der Waals surface area contributed by atoms with Crippen molar-refractivity contribution in [2.75, 3.05) is 26.2 Å². The molecule has 3 aliphatic rings. The van der Waals surface area contributed by atoms with Crippen LogP contribution in [0.5, 0.6) is 0 Å². The molecule has 0 bridgehead atoms. The summed E-state index contributed by atoms with van der Waals surface area (Å²) in [5, 5.41) is 0. The molecule has 5 heteroatoms. The Hall–Kier alpha value is -1.10. The first-order valence-corrected chi connectivity index (χ1v) is 7.98. The van der Waals surface area contributed by atoms with Crippen LogP contribution in [-0.4, -0.2) is 53.8 Å². The van der Waals surface area contributed by atoms with E-state index in [0.717, 1.165) is 51.6 Å². The van der Waals surface area contributed by atoms with E-state index in [9.17, 15) is 9.59 Å². The summed E-state index contributed by atoms with van der Waals surface area (Å²) in [5.41, 5.74) is 5.96. The Balaban J connectivity index is 1.58. The summed E-state index contributed by atoms with van der Waals surface area (Å²) < 4.78 is 0. The van der Waals surface area contributed by atoms with Gasteiger partial charge in [-0.3, -0.25) is 9.59 Å². The Morgan fingerprint density at radius 3 is 2.05 bits per heavy atom. The van der Waals surface area contributed by atoms with Crippen molar-refractivity contribution in [3.63, 3.8) is 0 Å². The van der Waals surface area contributed by atoms with E-state index in [1.165, 1.54) is 0 Å². The van der Waals surface area contributed by atoms with Crippen LogP contribution < -0.4 is 5.73 Å². The quantitative estimate of drug-likeness (QED) is 0.804. The van der Waals surface area contributed by atoms with E-state index in [4.69, 9.17) is 5.73 Å². The highest BCUT2D eigenvalue weighted by Gasteiger charge is 2.37. The predicted molar refractivity (Wildman–Crippen MR) is 75.8 cm³/mol. The van der Waals surface area contributed by atoms with Gasteiger partial charge in [0.05, 0.1) is 5.92 Å². The predicted octanol–water partition coefficient (Wildman–Crippen LogP) is 0.585. The SMILES string of the molecule is NC1CCCN(C(=O)C2CCCN(C(=O)C3CC3)C2)C1. The zero-order valence-corrected chi connectivity index (χ0v) is 12.1. The van der Waals surface area contributed by atoms with Crippen LogP contribution in [0.2, 0.25) is 0 Å². The number of carbonyl (C=O) groups excluding carboxylic acids is 2. The maximum Gasteiger partial charge on any atom is 0.227 e. The molecule has 0 aromatic heterocycles. The second-order valence-electron chi connectivity index (χ2n) is 6.58. The number of hydrogen-bond acceptors (Lipinski definition) is 3. The highest BCUT2D eigenvalue weighted by atomic mass is 16.2. The van der Waals surface area contributed by atoms with E-state index in [1.807, 2.05) is 9.80 Å². The van der Waals surface area contributed by atoms with Gasteiger partial charge in [0.15, 0.2) is 0 Å². The molecule has 2 N–H and O–H groups in total. The zero-order valence-electron chi connectivity index (χ0n) is 12.1. The Morgan fingerprint density at radius 1 is 0.800 bits per heavy atom. The van der Waals surface area contributed by atoms with Gasteiger partial charge in [0.25, 0.3) is 0 Å². The lowest BCUT2D eigenvalue weighted by atomic mass is 9.94. The molecule has 2 unspecified atom stereocenters. The van der Waals surface area contributed by atoms with Crippen molar-refractivity contribution in [1.29, 1.82) is 0 Å². The minimum atomic E-state index is -0.00301. The van der Waals surface area contributed by atoms with Gasteiger partial charge in [-0.25, -0.2) is 0 Å². The van der Waals surface area contributed by atoms with Crippen LogP contribution in [0.4, 0.5) is 0 Å². The third-order valence-corrected chi connectivity index (χ3v) is 4.78. The molecule has 0 spiro atoms. The number of nitrogens with two attached hydrogens (primary N) is 1. The van der Waals surface area contributed by atoms with E-state index >= 15 is 0 Å². The first kappa shape index (κ1) is 13.9. The normalized spacial score (nSPS) is 31.2. The van der Waals surface area contributed by atoms with Gasteiger partial charge in [-0.2, -0.15) is 0 Å². The summed E-state index contributed by atoms with van der Waals surface area (Å²) in [6.07, 6.45) is 5.96. The number of rotatable bonds is 2. The molecule has 2 saturated heterocycles. The summed E-state index contributed by atoms with van der Waals surface area (Å²) in [4.78, 5) is 28.6. The first-order valence-electron chi connectivity index (χ1n) is 7.98. The van der Waals surface area contributed by atoms with Crippen molar-refractivity contribution in [2.24, 2.45) is 17.6 Å². The molecular weight excluding hydrogens is 254 g/mol. The van der Waals surface area contributed by atoms with Gasteiger partial charge in [0, 0.05) is 38.1 Å². The molecule has 0 radical (unpaired) electrons. The standard InChI is InChI=1S/C15H25N3O2/c16-13-4-2-8-18(10-13)15(20)12-3-1-7-17(9-12)14(19)11-5-6-11/h11-13H,1-10,16H2. The zero-order chi connectivity index (χ0) is 14.1. The number of amides is 2. The van der Waals surface area contributed by atoms with E-state index in [-0.39, 0.29) is 29.7 Å². The Labute approximate surface area is 120 Å². The molecule has 112 valence electrons. The van der Waals surface area contributed by atoms with Crippen LogP contribution in [-0.2, 0) is 9.59 Å². The average Bonchev–Trinajstić information content (AvgIpc) is 3.30. The number of nitrogens with zero attached hydrogens (tertiary/aromatic N) is 2. The van der Waals surface area contributed by atoms with Gasteiger partial charge in [0.1, 0.15) is 0 Å². The number of piperidine rings is 2. The van der Waals surface area contributed by atoms with Gasteiger partial charge >= 0.3 is 0 Å². The molecular formula is C15H25N3O2. The third kappa shape index (κ3) is 2.97. The molecule has 0 aromatic rings. The lowest BCUT2D eigenvalue weighted by Gasteiger charge is -2.37. The molecule has 2 aliphatic heterocycles. The van der Waals surface area contributed by atoms with Gasteiger partial charge in [-0.1, -0.05) is 0 Å². The minimum absolute atomic E-state index is 0.00301. The Bertz CT molecular complexity index is 395. The fraction of sp³-hybridized carbons (Fsp3) is 0.867. The summed E-state index contributed by atoms with van der Waals surface area (Å²) >= 11 is 0. The third-order valence-electron chi connectivity index (χ3n) is 4.78. The summed E-state index contributed by atoms with van der Waals surface area (Å²) in [5.74, 6) is 0.746. The molecule has 1 aliphatic carbocycles. The first-order chi connectivity index (χ1) is 9.65. The largest absolute Gasteiger partial charge is 0.342 e. The summed E-state index contributed by atoms with van der Waals surface area (Å²) in [6.45, 7) is 2.98. The number of carbonyl (C=O) groups is 2. The minimum Gasteiger partial charge on any atom is -0.342 e. The van der Waals surface area contributed by atoms with Crippen molar-refractivity contribution >= 4 is 11.8 Å². The molecule has 2 atom stereocenters. The summed E-state index contributed by atoms with van der Waals surface area (Å²) in [6, 6.07) is 0.125. The molecule has 0 aromatic carbocycles. The van der Waals surface area contributed by atoms with Crippen LogP contribution in [0.1, 0.15) is 38.5 Å². The fourth-order valence-corrected chi connectivity index (χ4v) is 3.44. The van der Waals surface area contributed by atoms with E-state index < -0.39 is 0 Å². The topological polar surface area (TPSA) is 66.6 Å². The highest BCUT2D eigenvalue weighted by molar-refractivity contribution is 5.83. The molecule has 3 rings (SSSR count). The lowest BCUT2D eigenvalue weighted by molar-refractivity contribution is -0.142. The van der Waals surface area contributed by atoms with E-state index in [0.29, 0.717) is 13.1 Å². The van der Waals surface area contributed by atoms with Crippen LogP contribution in [0.3, 0.4) is 0 Å². The van der Waals surface area contributed by atoms with Gasteiger partial charge < -0.3 is 15.5 Å². The second-order valence-corrected chi connectivity index (χ2v) is 6.58. The van der Waals surface area contributed by atoms with Crippen LogP contribution in [0, 0.1) is 11.8 Å². The molecule has 1 saturated carbocycles. The van der Waals surface area contributed by atoms with Crippen molar-refractivity contribution in [2.45, 2.75) is 44.6 Å². The Kier molecular flexibility index (Phi) is 3.96. The lowest BCUT2D eigenvalue weighted by Crippen LogP contribution is -2.51. The molecule has 3 fully saturated rings. The number of likely N-dealkylation sites (tertiary alicyclic amines) is 2. The average molecular weight is 279 g/mol. The van der Waals surface area contributed by atoms with Crippen molar-refractivity contribution in [1.82, 2.24) is 9.80 Å². The fourth-order valence-electron chi connectivity index (χ4n) is 3.44. The van der Waals surface area contributed by atoms with Gasteiger partial charge in [0.2, 0.25) is 11.8 Å². The molecule has 2 heterocycles. The highest BCUT2D eigenvalue weighted by Crippen LogP contribution is 2.32. The summed E-state index contributed by atoms with van der Waals surface area (Å²) in [7, 11) is 0. The smallest absolute Gasteiger partial charge is 0.227 e. The van der Waals surface area contributed by atoms with Crippen molar-refractivity contribution < 1.29 is 9.59 Å². The maximum atomic E-state index is 12.6. The molecule has 5 nitrogen and oxygen atoms in total. The molecule has 20 heavy (non-hydrogen) atoms. The van der Waals surface area contributed by atoms with E-state index in [2.05, 4.69) is 0 Å². The Morgan fingerprint density at radius 2 is 1.40 bits per heavy atom. The van der Waals surface area contributed by atoms with Crippen LogP contribution in [0.25, 0.3) is 0 Å². The van der Waals surface area contributed by atoms with Gasteiger partial charge in [-0.05, 0) is 38.5 Å². The van der Waals surface area contributed by atoms with Crippen LogP contribution >= 0.6 is 0 Å². The van der Waals surface area contributed by atoms with Crippen LogP contribution in [0.15, 0.2) is 0 Å². The van der Waals surface area contributed by atoms with E-state index in [1.54, 1.807) is 0 Å².